The SMILES string of the molecule is C/C=C\C(=O)NC(S)=C(C#N)C#N. The van der Waals surface area contributed by atoms with Crippen molar-refractivity contribution in [3.8, 4) is 12.1 Å². The number of allylic oxidation sites excluding steroid dienone is 2. The van der Waals surface area contributed by atoms with Crippen molar-refractivity contribution in [3.05, 3.63) is 22.8 Å². The van der Waals surface area contributed by atoms with Crippen molar-refractivity contribution >= 4 is 18.5 Å². The number of carbonyl (C=O) groups excluding carboxylic acids is 1. The Hall–Kier alpha value is -1.72. The number of amides is 1. The first kappa shape index (κ1) is 11.3. The highest BCUT2D eigenvalue weighted by atomic mass is 32.1. The number of hydrogen-bond donors (Lipinski definition) is 2. The molecule has 0 saturated heterocycles. The molecule has 0 aliphatic carbocycles. The molecule has 0 rings (SSSR count). The summed E-state index contributed by atoms with van der Waals surface area (Å²) in [5, 5.41) is 19.0. The van der Waals surface area contributed by atoms with Crippen LogP contribution in [0.25, 0.3) is 0 Å². The van der Waals surface area contributed by atoms with E-state index < -0.39 is 5.91 Å². The van der Waals surface area contributed by atoms with Gasteiger partial charge in [-0.3, -0.25) is 4.79 Å². The van der Waals surface area contributed by atoms with E-state index in [1.54, 1.807) is 19.1 Å². The van der Waals surface area contributed by atoms with Crippen molar-refractivity contribution < 1.29 is 4.79 Å². The van der Waals surface area contributed by atoms with Gasteiger partial charge >= 0.3 is 0 Å². The lowest BCUT2D eigenvalue weighted by atomic mass is 10.3. The molecular formula is C8H7N3OS. The normalized spacial score (nSPS) is 8.62. The monoisotopic (exact) mass is 193 g/mol. The molecule has 4 nitrogen and oxygen atoms in total. The summed E-state index contributed by atoms with van der Waals surface area (Å²) in [5.74, 6) is -0.421. The molecular weight excluding hydrogens is 186 g/mol. The highest BCUT2D eigenvalue weighted by Gasteiger charge is 2.03. The van der Waals surface area contributed by atoms with Crippen molar-refractivity contribution in [2.75, 3.05) is 0 Å². The van der Waals surface area contributed by atoms with Crippen molar-refractivity contribution in [3.63, 3.8) is 0 Å². The lowest BCUT2D eigenvalue weighted by molar-refractivity contribution is -0.115. The number of carbonyl (C=O) groups is 1. The van der Waals surface area contributed by atoms with Crippen molar-refractivity contribution in [1.29, 1.82) is 10.5 Å². The molecule has 0 aromatic rings. The van der Waals surface area contributed by atoms with Gasteiger partial charge in [-0.1, -0.05) is 6.08 Å². The van der Waals surface area contributed by atoms with Crippen LogP contribution in [-0.4, -0.2) is 5.91 Å². The van der Waals surface area contributed by atoms with E-state index in [9.17, 15) is 4.79 Å². The third-order valence-electron chi connectivity index (χ3n) is 1.02. The zero-order valence-electron chi connectivity index (χ0n) is 6.90. The highest BCUT2D eigenvalue weighted by molar-refractivity contribution is 7.84. The topological polar surface area (TPSA) is 76.7 Å². The molecule has 0 heterocycles. The summed E-state index contributed by atoms with van der Waals surface area (Å²) in [6.07, 6.45) is 2.80. The van der Waals surface area contributed by atoms with Crippen LogP contribution in [-0.2, 0) is 4.79 Å². The van der Waals surface area contributed by atoms with Gasteiger partial charge < -0.3 is 5.32 Å². The molecule has 0 aromatic heterocycles. The van der Waals surface area contributed by atoms with Crippen molar-refractivity contribution in [2.24, 2.45) is 0 Å². The minimum absolute atomic E-state index is 0.0342. The van der Waals surface area contributed by atoms with E-state index >= 15 is 0 Å². The average Bonchev–Trinajstić information content (AvgIpc) is 2.06. The van der Waals surface area contributed by atoms with Gasteiger partial charge in [-0.2, -0.15) is 10.5 Å². The Morgan fingerprint density at radius 2 is 2.00 bits per heavy atom. The van der Waals surface area contributed by atoms with E-state index in [-0.39, 0.29) is 10.6 Å². The Bertz CT molecular complexity index is 327. The molecule has 1 N–H and O–H groups in total. The largest absolute Gasteiger partial charge is 0.316 e. The first-order valence-electron chi connectivity index (χ1n) is 3.32. The van der Waals surface area contributed by atoms with Crippen molar-refractivity contribution in [2.45, 2.75) is 6.92 Å². The minimum atomic E-state index is -0.421. The second-order valence-corrected chi connectivity index (χ2v) is 2.38. The number of nitrogens with zero attached hydrogens (tertiary/aromatic N) is 2. The predicted octanol–water partition coefficient (Wildman–Crippen LogP) is 0.867. The van der Waals surface area contributed by atoms with E-state index in [1.807, 2.05) is 0 Å². The molecule has 0 unspecified atom stereocenters. The van der Waals surface area contributed by atoms with E-state index in [0.717, 1.165) is 0 Å². The van der Waals surface area contributed by atoms with Crippen LogP contribution in [0.3, 0.4) is 0 Å². The first-order valence-corrected chi connectivity index (χ1v) is 3.77. The molecule has 13 heavy (non-hydrogen) atoms. The molecule has 0 spiro atoms. The Morgan fingerprint density at radius 1 is 1.46 bits per heavy atom. The van der Waals surface area contributed by atoms with Gasteiger partial charge in [-0.15, -0.1) is 12.6 Å². The molecule has 1 amide bonds. The van der Waals surface area contributed by atoms with Gasteiger partial charge in [0.25, 0.3) is 0 Å². The fraction of sp³-hybridized carbons (Fsp3) is 0.125. The van der Waals surface area contributed by atoms with Crippen LogP contribution in [0.4, 0.5) is 0 Å². The zero-order chi connectivity index (χ0) is 10.3. The maximum atomic E-state index is 10.9. The number of rotatable bonds is 2. The molecule has 0 aliphatic rings. The number of nitrogens with one attached hydrogen (secondary N) is 1. The lowest BCUT2D eigenvalue weighted by Gasteiger charge is -1.98. The molecule has 0 saturated carbocycles. The van der Waals surface area contributed by atoms with Gasteiger partial charge in [0.05, 0.1) is 0 Å². The summed E-state index contributed by atoms with van der Waals surface area (Å²) in [6, 6.07) is 3.20. The molecule has 0 aromatic carbocycles. The zero-order valence-corrected chi connectivity index (χ0v) is 7.80. The maximum absolute atomic E-state index is 10.9. The quantitative estimate of drug-likeness (QED) is 0.388. The van der Waals surface area contributed by atoms with Crippen LogP contribution in [0.15, 0.2) is 22.8 Å². The number of nitriles is 2. The Labute approximate surface area is 81.6 Å². The molecule has 66 valence electrons. The second-order valence-electron chi connectivity index (χ2n) is 1.94. The summed E-state index contributed by atoms with van der Waals surface area (Å²) in [4.78, 5) is 10.9. The Balaban J connectivity index is 4.58. The highest BCUT2D eigenvalue weighted by Crippen LogP contribution is 2.02. The minimum Gasteiger partial charge on any atom is -0.316 e. The molecule has 0 fully saturated rings. The number of hydrogen-bond acceptors (Lipinski definition) is 4. The number of thiol groups is 1. The molecule has 0 radical (unpaired) electrons. The van der Waals surface area contributed by atoms with Gasteiger partial charge in [0.2, 0.25) is 5.91 Å². The van der Waals surface area contributed by atoms with E-state index in [0.29, 0.717) is 0 Å². The smallest absolute Gasteiger partial charge is 0.248 e. The summed E-state index contributed by atoms with van der Waals surface area (Å²) in [5.41, 5.74) is -0.221. The Morgan fingerprint density at radius 3 is 2.38 bits per heavy atom. The van der Waals surface area contributed by atoms with Crippen LogP contribution in [0.5, 0.6) is 0 Å². The summed E-state index contributed by atoms with van der Waals surface area (Å²) in [7, 11) is 0. The van der Waals surface area contributed by atoms with Crippen molar-refractivity contribution in [1.82, 2.24) is 5.32 Å². The molecule has 0 atom stereocenters. The second kappa shape index (κ2) is 5.87. The molecule has 5 heteroatoms. The van der Waals surface area contributed by atoms with Crippen LogP contribution in [0.2, 0.25) is 0 Å². The maximum Gasteiger partial charge on any atom is 0.248 e. The van der Waals surface area contributed by atoms with Crippen LogP contribution in [0, 0.1) is 22.7 Å². The average molecular weight is 193 g/mol. The third-order valence-corrected chi connectivity index (χ3v) is 1.36. The first-order chi connectivity index (χ1) is 6.15. The van der Waals surface area contributed by atoms with Gasteiger partial charge in [0, 0.05) is 0 Å². The van der Waals surface area contributed by atoms with Crippen LogP contribution >= 0.6 is 12.6 Å². The summed E-state index contributed by atoms with van der Waals surface area (Å²) in [6.45, 7) is 1.68. The van der Waals surface area contributed by atoms with Gasteiger partial charge in [-0.25, -0.2) is 0 Å². The lowest BCUT2D eigenvalue weighted by Crippen LogP contribution is -2.18. The predicted molar refractivity (Wildman–Crippen MR) is 50.2 cm³/mol. The Kier molecular flexibility index (Phi) is 5.09. The summed E-state index contributed by atoms with van der Waals surface area (Å²) < 4.78 is 0. The summed E-state index contributed by atoms with van der Waals surface area (Å²) >= 11 is 3.79. The van der Waals surface area contributed by atoms with Gasteiger partial charge in [0.15, 0.2) is 5.57 Å². The molecule has 0 bridgehead atoms. The fourth-order valence-corrected chi connectivity index (χ4v) is 0.713. The van der Waals surface area contributed by atoms with E-state index in [1.165, 1.54) is 12.2 Å². The third kappa shape index (κ3) is 4.00. The van der Waals surface area contributed by atoms with Crippen LogP contribution < -0.4 is 5.32 Å². The van der Waals surface area contributed by atoms with Crippen LogP contribution in [0.1, 0.15) is 6.92 Å². The van der Waals surface area contributed by atoms with Gasteiger partial charge in [0.1, 0.15) is 17.2 Å². The van der Waals surface area contributed by atoms with E-state index in [2.05, 4.69) is 17.9 Å². The molecule has 0 aliphatic heterocycles. The fourth-order valence-electron chi connectivity index (χ4n) is 0.503. The standard InChI is InChI=1S/C8H7N3OS/c1-2-3-7(12)11-8(13)6(4-9)5-10/h2-3,13H,1H3,(H,11,12)/b3-2-. The van der Waals surface area contributed by atoms with Gasteiger partial charge in [-0.05, 0) is 13.0 Å². The van der Waals surface area contributed by atoms with E-state index in [4.69, 9.17) is 10.5 Å².